The van der Waals surface area contributed by atoms with E-state index in [1.54, 1.807) is 6.92 Å². The lowest BCUT2D eigenvalue weighted by atomic mass is 10.0. The Morgan fingerprint density at radius 2 is 2.12 bits per heavy atom. The van der Waals surface area contributed by atoms with Crippen molar-refractivity contribution in [1.82, 2.24) is 14.9 Å². The highest BCUT2D eigenvalue weighted by atomic mass is 16.3. The standard InChI is InChI=1S/C18H24N4O2/c1-14-19-16(10-17(23)20-14)21(2)12-18(24)8-9-22(13-18)11-15-6-4-3-5-7-15/h3-7,10,24H,8-9,11-13H2,1-2H3,(H,19,20,23). The van der Waals surface area contributed by atoms with E-state index in [4.69, 9.17) is 0 Å². The summed E-state index contributed by atoms with van der Waals surface area (Å²) in [5.74, 6) is 1.17. The summed E-state index contributed by atoms with van der Waals surface area (Å²) in [5.41, 5.74) is 0.289. The first-order valence-electron chi connectivity index (χ1n) is 8.21. The second-order valence-corrected chi connectivity index (χ2v) is 6.72. The first kappa shape index (κ1) is 16.7. The average Bonchev–Trinajstić information content (AvgIpc) is 2.88. The monoisotopic (exact) mass is 328 g/mol. The highest BCUT2D eigenvalue weighted by Crippen LogP contribution is 2.25. The van der Waals surface area contributed by atoms with E-state index in [2.05, 4.69) is 27.0 Å². The average molecular weight is 328 g/mol. The van der Waals surface area contributed by atoms with Crippen molar-refractivity contribution in [2.45, 2.75) is 25.5 Å². The van der Waals surface area contributed by atoms with Crippen LogP contribution in [0.1, 0.15) is 17.8 Å². The van der Waals surface area contributed by atoms with Gasteiger partial charge >= 0.3 is 0 Å². The third kappa shape index (κ3) is 4.01. The molecule has 1 aliphatic heterocycles. The molecule has 0 bridgehead atoms. The van der Waals surface area contributed by atoms with E-state index in [0.717, 1.165) is 13.1 Å². The zero-order valence-electron chi connectivity index (χ0n) is 14.2. The second kappa shape index (κ2) is 6.75. The van der Waals surface area contributed by atoms with Gasteiger partial charge in [0.15, 0.2) is 0 Å². The first-order chi connectivity index (χ1) is 11.4. The third-order valence-corrected chi connectivity index (χ3v) is 4.43. The summed E-state index contributed by atoms with van der Waals surface area (Å²) in [4.78, 5) is 22.7. The maximum Gasteiger partial charge on any atom is 0.252 e. The third-order valence-electron chi connectivity index (χ3n) is 4.43. The second-order valence-electron chi connectivity index (χ2n) is 6.72. The number of aliphatic hydroxyl groups is 1. The minimum absolute atomic E-state index is 0.173. The molecule has 128 valence electrons. The number of benzene rings is 1. The number of likely N-dealkylation sites (tertiary alicyclic amines) is 1. The number of aromatic nitrogens is 2. The zero-order valence-corrected chi connectivity index (χ0v) is 14.2. The largest absolute Gasteiger partial charge is 0.387 e. The molecule has 2 heterocycles. The topological polar surface area (TPSA) is 72.5 Å². The number of hydrogen-bond acceptors (Lipinski definition) is 5. The Bertz CT molecular complexity index is 746. The molecule has 1 saturated heterocycles. The number of aromatic amines is 1. The van der Waals surface area contributed by atoms with Crippen LogP contribution in [0.25, 0.3) is 0 Å². The summed E-state index contributed by atoms with van der Waals surface area (Å²) < 4.78 is 0. The lowest BCUT2D eigenvalue weighted by Crippen LogP contribution is -2.44. The van der Waals surface area contributed by atoms with Gasteiger partial charge in [-0.2, -0.15) is 0 Å². The first-order valence-corrected chi connectivity index (χ1v) is 8.21. The molecule has 24 heavy (non-hydrogen) atoms. The lowest BCUT2D eigenvalue weighted by Gasteiger charge is -2.29. The Kier molecular flexibility index (Phi) is 4.69. The van der Waals surface area contributed by atoms with Crippen molar-refractivity contribution >= 4 is 5.82 Å². The van der Waals surface area contributed by atoms with E-state index in [1.165, 1.54) is 11.6 Å². The van der Waals surface area contributed by atoms with Crippen LogP contribution in [0.2, 0.25) is 0 Å². The Balaban J connectivity index is 1.63. The Morgan fingerprint density at radius 3 is 2.83 bits per heavy atom. The van der Waals surface area contributed by atoms with Gasteiger partial charge in [-0.15, -0.1) is 0 Å². The molecule has 0 spiro atoms. The van der Waals surface area contributed by atoms with Crippen LogP contribution in [0.4, 0.5) is 5.82 Å². The summed E-state index contributed by atoms with van der Waals surface area (Å²) in [5, 5.41) is 10.9. The highest BCUT2D eigenvalue weighted by Gasteiger charge is 2.37. The summed E-state index contributed by atoms with van der Waals surface area (Å²) in [6.07, 6.45) is 0.715. The molecule has 1 aromatic carbocycles. The number of aryl methyl sites for hydroxylation is 1. The molecule has 3 rings (SSSR count). The fourth-order valence-corrected chi connectivity index (χ4v) is 3.33. The molecule has 6 heteroatoms. The number of rotatable bonds is 5. The van der Waals surface area contributed by atoms with E-state index < -0.39 is 5.60 Å². The summed E-state index contributed by atoms with van der Waals surface area (Å²) in [6, 6.07) is 11.7. The van der Waals surface area contributed by atoms with Crippen molar-refractivity contribution in [3.63, 3.8) is 0 Å². The molecule has 2 aromatic rings. The van der Waals surface area contributed by atoms with Gasteiger partial charge in [-0.25, -0.2) is 4.98 Å². The van der Waals surface area contributed by atoms with Crippen LogP contribution < -0.4 is 10.5 Å². The molecule has 0 radical (unpaired) electrons. The van der Waals surface area contributed by atoms with Gasteiger partial charge < -0.3 is 15.0 Å². The number of anilines is 1. The van der Waals surface area contributed by atoms with Gasteiger partial charge in [-0.05, 0) is 18.9 Å². The van der Waals surface area contributed by atoms with E-state index in [9.17, 15) is 9.90 Å². The zero-order chi connectivity index (χ0) is 17.2. The number of nitrogens with one attached hydrogen (secondary N) is 1. The molecule has 0 saturated carbocycles. The van der Waals surface area contributed by atoms with Gasteiger partial charge in [-0.1, -0.05) is 30.3 Å². The molecule has 1 aromatic heterocycles. The van der Waals surface area contributed by atoms with E-state index in [-0.39, 0.29) is 5.56 Å². The number of likely N-dealkylation sites (N-methyl/N-ethyl adjacent to an activating group) is 1. The van der Waals surface area contributed by atoms with Crippen molar-refractivity contribution in [3.8, 4) is 0 Å². The quantitative estimate of drug-likeness (QED) is 0.861. The Morgan fingerprint density at radius 1 is 1.38 bits per heavy atom. The van der Waals surface area contributed by atoms with E-state index in [1.807, 2.05) is 30.1 Å². The molecule has 1 fully saturated rings. The SMILES string of the molecule is Cc1nc(N(C)CC2(O)CCN(Cc3ccccc3)C2)cc(=O)[nH]1. The minimum Gasteiger partial charge on any atom is -0.387 e. The maximum atomic E-state index is 11.6. The van der Waals surface area contributed by atoms with Crippen LogP contribution in [0.3, 0.4) is 0 Å². The van der Waals surface area contributed by atoms with Crippen molar-refractivity contribution in [2.24, 2.45) is 0 Å². The van der Waals surface area contributed by atoms with Crippen LogP contribution in [0, 0.1) is 6.92 Å². The Hall–Kier alpha value is -2.18. The van der Waals surface area contributed by atoms with Crippen LogP contribution in [-0.2, 0) is 6.54 Å². The highest BCUT2D eigenvalue weighted by molar-refractivity contribution is 5.37. The molecule has 1 atom stereocenters. The normalized spacial score (nSPS) is 21.1. The van der Waals surface area contributed by atoms with E-state index >= 15 is 0 Å². The van der Waals surface area contributed by atoms with Crippen molar-refractivity contribution in [3.05, 3.63) is 58.1 Å². The summed E-state index contributed by atoms with van der Waals surface area (Å²) in [6.45, 7) is 4.53. The number of β-amino-alcohol motifs (C(OH)–C–C–N with tert-alkyl or cyclic N) is 1. The van der Waals surface area contributed by atoms with Crippen LogP contribution >= 0.6 is 0 Å². The van der Waals surface area contributed by atoms with Gasteiger partial charge in [-0.3, -0.25) is 9.69 Å². The molecular formula is C18H24N4O2. The van der Waals surface area contributed by atoms with Crippen LogP contribution in [0.5, 0.6) is 0 Å². The predicted molar refractivity (Wildman–Crippen MR) is 94.2 cm³/mol. The van der Waals surface area contributed by atoms with Gasteiger partial charge in [0.1, 0.15) is 11.6 Å². The van der Waals surface area contributed by atoms with Crippen LogP contribution in [0.15, 0.2) is 41.2 Å². The summed E-state index contributed by atoms with van der Waals surface area (Å²) in [7, 11) is 1.86. The van der Waals surface area contributed by atoms with Gasteiger partial charge in [0, 0.05) is 39.3 Å². The predicted octanol–water partition coefficient (Wildman–Crippen LogP) is 1.15. The molecule has 0 amide bonds. The smallest absolute Gasteiger partial charge is 0.252 e. The Labute approximate surface area is 141 Å². The van der Waals surface area contributed by atoms with Crippen molar-refractivity contribution in [2.75, 3.05) is 31.6 Å². The fraction of sp³-hybridized carbons (Fsp3) is 0.444. The number of nitrogens with zero attached hydrogens (tertiary/aromatic N) is 3. The fourth-order valence-electron chi connectivity index (χ4n) is 3.33. The maximum absolute atomic E-state index is 11.6. The molecule has 2 N–H and O–H groups in total. The van der Waals surface area contributed by atoms with E-state index in [0.29, 0.717) is 31.2 Å². The van der Waals surface area contributed by atoms with Gasteiger partial charge in [0.05, 0.1) is 5.60 Å². The number of hydrogen-bond donors (Lipinski definition) is 2. The summed E-state index contributed by atoms with van der Waals surface area (Å²) >= 11 is 0. The molecule has 1 unspecified atom stereocenters. The van der Waals surface area contributed by atoms with Crippen LogP contribution in [-0.4, -0.2) is 52.3 Å². The van der Waals surface area contributed by atoms with Crippen molar-refractivity contribution < 1.29 is 5.11 Å². The van der Waals surface area contributed by atoms with Gasteiger partial charge in [0.25, 0.3) is 5.56 Å². The molecule has 0 aliphatic carbocycles. The van der Waals surface area contributed by atoms with Crippen molar-refractivity contribution in [1.29, 1.82) is 0 Å². The lowest BCUT2D eigenvalue weighted by molar-refractivity contribution is 0.0561. The molecular weight excluding hydrogens is 304 g/mol. The number of H-pyrrole nitrogens is 1. The van der Waals surface area contributed by atoms with Gasteiger partial charge in [0.2, 0.25) is 0 Å². The molecule has 1 aliphatic rings. The minimum atomic E-state index is -0.790. The molecule has 6 nitrogen and oxygen atoms in total.